The van der Waals surface area contributed by atoms with Crippen LogP contribution in [0.15, 0.2) is 47.5 Å². The molecule has 2 atom stereocenters. The fourth-order valence-electron chi connectivity index (χ4n) is 3.33. The number of hydrogen-bond donors (Lipinski definition) is 0. The first kappa shape index (κ1) is 12.2. The topological polar surface area (TPSA) is 30.0 Å². The fraction of sp³-hybridized carbons (Fsp3) is 0.294. The minimum absolute atomic E-state index is 0.00274. The molecule has 4 rings (SSSR count). The summed E-state index contributed by atoms with van der Waals surface area (Å²) in [5.41, 5.74) is 3.49. The maximum absolute atomic E-state index is 12.9. The first-order valence-electron chi connectivity index (χ1n) is 7.04. The monoisotopic (exact) mass is 281 g/mol. The summed E-state index contributed by atoms with van der Waals surface area (Å²) in [4.78, 5) is 18.6. The number of aromatic nitrogens is 1. The van der Waals surface area contributed by atoms with E-state index in [1.165, 1.54) is 16.0 Å². The van der Waals surface area contributed by atoms with Crippen LogP contribution in [0.3, 0.4) is 0 Å². The van der Waals surface area contributed by atoms with Gasteiger partial charge in [-0.3, -0.25) is 9.78 Å². The fourth-order valence-corrected chi connectivity index (χ4v) is 4.57. The van der Waals surface area contributed by atoms with E-state index in [0.717, 1.165) is 24.3 Å². The number of rotatable bonds is 2. The van der Waals surface area contributed by atoms with E-state index in [-0.39, 0.29) is 11.8 Å². The quantitative estimate of drug-likeness (QED) is 0.843. The lowest BCUT2D eigenvalue weighted by molar-refractivity contribution is -0.121. The average Bonchev–Trinajstić information content (AvgIpc) is 3.11. The zero-order valence-electron chi connectivity index (χ0n) is 11.1. The molecule has 2 unspecified atom stereocenters. The van der Waals surface area contributed by atoms with Gasteiger partial charge in [0.05, 0.1) is 17.5 Å². The molecule has 0 amide bonds. The first-order valence-corrected chi connectivity index (χ1v) is 8.02. The van der Waals surface area contributed by atoms with Crippen molar-refractivity contribution in [3.05, 3.63) is 59.4 Å². The molecular formula is C17H15NOS. The molecule has 2 heterocycles. The van der Waals surface area contributed by atoms with E-state index in [4.69, 9.17) is 0 Å². The van der Waals surface area contributed by atoms with Gasteiger partial charge in [-0.25, -0.2) is 0 Å². The first-order chi connectivity index (χ1) is 9.84. The molecule has 20 heavy (non-hydrogen) atoms. The summed E-state index contributed by atoms with van der Waals surface area (Å²) < 4.78 is 0. The van der Waals surface area contributed by atoms with Gasteiger partial charge in [0.1, 0.15) is 5.78 Å². The number of nitrogens with zero attached hydrogens (tertiary/aromatic N) is 1. The van der Waals surface area contributed by atoms with Gasteiger partial charge in [-0.2, -0.15) is 0 Å². The number of Topliss-reactive ketones (excluding diaryl/α,β-unsaturated/α-hetero) is 1. The van der Waals surface area contributed by atoms with Crippen LogP contribution in [-0.4, -0.2) is 16.5 Å². The molecule has 0 saturated carbocycles. The standard InChI is InChI=1S/C17H15NOS/c19-17(13-8-7-11-4-3-9-18-16(11)13)14-10-20-15-6-2-1-5-12(14)15/h1-6,9,13-14H,7-8,10H2. The molecule has 0 fully saturated rings. The number of benzene rings is 1. The van der Waals surface area contributed by atoms with Crippen LogP contribution in [-0.2, 0) is 11.2 Å². The number of fused-ring (bicyclic) bond motifs is 2. The van der Waals surface area contributed by atoms with E-state index in [1.807, 2.05) is 24.4 Å². The molecule has 0 N–H and O–H groups in total. The summed E-state index contributed by atoms with van der Waals surface area (Å²) in [6, 6.07) is 12.4. The van der Waals surface area contributed by atoms with Gasteiger partial charge in [-0.1, -0.05) is 24.3 Å². The molecule has 1 aromatic carbocycles. The molecule has 3 heteroatoms. The van der Waals surface area contributed by atoms with Gasteiger partial charge in [0.25, 0.3) is 0 Å². The van der Waals surface area contributed by atoms with Crippen LogP contribution in [0.25, 0.3) is 0 Å². The van der Waals surface area contributed by atoms with Crippen molar-refractivity contribution < 1.29 is 4.79 Å². The van der Waals surface area contributed by atoms with Crippen LogP contribution < -0.4 is 0 Å². The lowest BCUT2D eigenvalue weighted by Crippen LogP contribution is -2.19. The Morgan fingerprint density at radius 3 is 3.00 bits per heavy atom. The van der Waals surface area contributed by atoms with Crippen LogP contribution in [0.1, 0.15) is 35.1 Å². The largest absolute Gasteiger partial charge is 0.298 e. The number of thioether (sulfide) groups is 1. The van der Waals surface area contributed by atoms with E-state index in [2.05, 4.69) is 23.2 Å². The van der Waals surface area contributed by atoms with Gasteiger partial charge in [0, 0.05) is 16.8 Å². The van der Waals surface area contributed by atoms with Crippen LogP contribution in [0.4, 0.5) is 0 Å². The highest BCUT2D eigenvalue weighted by Crippen LogP contribution is 2.44. The minimum Gasteiger partial charge on any atom is -0.298 e. The van der Waals surface area contributed by atoms with Crippen molar-refractivity contribution in [1.29, 1.82) is 0 Å². The number of carbonyl (C=O) groups is 1. The zero-order chi connectivity index (χ0) is 13.5. The number of hydrogen-bond acceptors (Lipinski definition) is 3. The third-order valence-corrected chi connectivity index (χ3v) is 5.53. The molecule has 1 aliphatic carbocycles. The molecule has 2 aliphatic rings. The van der Waals surface area contributed by atoms with Crippen molar-refractivity contribution in [2.75, 3.05) is 5.75 Å². The number of ketones is 1. The Labute approximate surface area is 122 Å². The van der Waals surface area contributed by atoms with E-state index >= 15 is 0 Å². The summed E-state index contributed by atoms with van der Waals surface area (Å²) in [5.74, 6) is 1.30. The van der Waals surface area contributed by atoms with Crippen molar-refractivity contribution >= 4 is 17.5 Å². The van der Waals surface area contributed by atoms with Crippen LogP contribution in [0, 0.1) is 0 Å². The molecule has 2 nitrogen and oxygen atoms in total. The Balaban J connectivity index is 1.67. The van der Waals surface area contributed by atoms with Gasteiger partial charge < -0.3 is 0 Å². The Morgan fingerprint density at radius 1 is 1.15 bits per heavy atom. The molecule has 0 saturated heterocycles. The number of carbonyl (C=O) groups excluding carboxylic acids is 1. The second-order valence-corrected chi connectivity index (χ2v) is 6.50. The number of pyridine rings is 1. The maximum atomic E-state index is 12.9. The van der Waals surface area contributed by atoms with E-state index in [1.54, 1.807) is 11.8 Å². The molecule has 0 radical (unpaired) electrons. The molecule has 0 spiro atoms. The lowest BCUT2D eigenvalue weighted by Gasteiger charge is -2.15. The van der Waals surface area contributed by atoms with Gasteiger partial charge in [-0.15, -0.1) is 11.8 Å². The third kappa shape index (κ3) is 1.80. The molecule has 1 aliphatic heterocycles. The van der Waals surface area contributed by atoms with E-state index < -0.39 is 0 Å². The normalized spacial score (nSPS) is 23.4. The Kier molecular flexibility index (Phi) is 2.88. The summed E-state index contributed by atoms with van der Waals surface area (Å²) in [6.45, 7) is 0. The van der Waals surface area contributed by atoms with Crippen molar-refractivity contribution in [2.24, 2.45) is 0 Å². The van der Waals surface area contributed by atoms with E-state index in [9.17, 15) is 4.79 Å². The van der Waals surface area contributed by atoms with Crippen molar-refractivity contribution in [3.8, 4) is 0 Å². The van der Waals surface area contributed by atoms with Crippen molar-refractivity contribution in [2.45, 2.75) is 29.6 Å². The molecule has 0 bridgehead atoms. The van der Waals surface area contributed by atoms with Crippen molar-refractivity contribution in [1.82, 2.24) is 4.98 Å². The summed E-state index contributed by atoms with van der Waals surface area (Å²) in [5, 5.41) is 0. The van der Waals surface area contributed by atoms with Crippen molar-refractivity contribution in [3.63, 3.8) is 0 Å². The lowest BCUT2D eigenvalue weighted by atomic mass is 9.87. The second-order valence-electron chi connectivity index (χ2n) is 5.44. The highest BCUT2D eigenvalue weighted by Gasteiger charge is 2.37. The predicted octanol–water partition coefficient (Wildman–Crippen LogP) is 3.57. The third-order valence-electron chi connectivity index (χ3n) is 4.35. The van der Waals surface area contributed by atoms with Crippen LogP contribution in [0.5, 0.6) is 0 Å². The second kappa shape index (κ2) is 4.74. The van der Waals surface area contributed by atoms with Crippen LogP contribution >= 0.6 is 11.8 Å². The molecular weight excluding hydrogens is 266 g/mol. The van der Waals surface area contributed by atoms with Gasteiger partial charge in [-0.05, 0) is 36.1 Å². The highest BCUT2D eigenvalue weighted by atomic mass is 32.2. The smallest absolute Gasteiger partial charge is 0.150 e. The maximum Gasteiger partial charge on any atom is 0.150 e. The number of aryl methyl sites for hydroxylation is 1. The summed E-state index contributed by atoms with van der Waals surface area (Å²) >= 11 is 1.80. The zero-order valence-corrected chi connectivity index (χ0v) is 11.9. The highest BCUT2D eigenvalue weighted by molar-refractivity contribution is 7.99. The van der Waals surface area contributed by atoms with Gasteiger partial charge in [0.15, 0.2) is 0 Å². The molecule has 2 aromatic rings. The minimum atomic E-state index is 0.00274. The van der Waals surface area contributed by atoms with Gasteiger partial charge in [0.2, 0.25) is 0 Å². The van der Waals surface area contributed by atoms with Crippen LogP contribution in [0.2, 0.25) is 0 Å². The van der Waals surface area contributed by atoms with Gasteiger partial charge >= 0.3 is 0 Å². The SMILES string of the molecule is O=C(C1CSc2ccccc21)C1CCc2cccnc21. The Morgan fingerprint density at radius 2 is 2.05 bits per heavy atom. The average molecular weight is 281 g/mol. The predicted molar refractivity (Wildman–Crippen MR) is 80.2 cm³/mol. The Hall–Kier alpha value is -1.61. The Bertz CT molecular complexity index is 625. The molecule has 100 valence electrons. The summed E-state index contributed by atoms with van der Waals surface area (Å²) in [7, 11) is 0. The molecule has 1 aromatic heterocycles. The summed E-state index contributed by atoms with van der Waals surface area (Å²) in [6.07, 6.45) is 3.72. The van der Waals surface area contributed by atoms with E-state index in [0.29, 0.717) is 5.78 Å².